The lowest BCUT2D eigenvalue weighted by molar-refractivity contribution is -0.117. The van der Waals surface area contributed by atoms with Crippen LogP contribution in [0.5, 0.6) is 0 Å². The highest BCUT2D eigenvalue weighted by Gasteiger charge is 2.50. The van der Waals surface area contributed by atoms with E-state index in [2.05, 4.69) is 0 Å². The van der Waals surface area contributed by atoms with E-state index in [9.17, 15) is 30.4 Å². The van der Waals surface area contributed by atoms with Crippen molar-refractivity contribution < 1.29 is 30.4 Å². The number of Topliss-reactive ketones (excluding diaryl/α,β-unsaturated/α-hetero) is 1. The summed E-state index contributed by atoms with van der Waals surface area (Å²) >= 11 is 5.89. The molecule has 2 aromatic carbocycles. The fourth-order valence-corrected chi connectivity index (χ4v) is 8.21. The maximum atomic E-state index is 14.9. The normalized spacial score (nSPS) is 22.6. The van der Waals surface area contributed by atoms with E-state index in [1.54, 1.807) is 0 Å². The highest BCUT2D eigenvalue weighted by atomic mass is 35.5. The van der Waals surface area contributed by atoms with Crippen LogP contribution in [0, 0.1) is 17.6 Å². The van der Waals surface area contributed by atoms with E-state index in [1.807, 2.05) is 0 Å². The Bertz CT molecular complexity index is 1250. The molecule has 0 saturated heterocycles. The zero-order chi connectivity index (χ0) is 24.6. The van der Waals surface area contributed by atoms with Gasteiger partial charge in [0.05, 0.1) is 4.90 Å². The summed E-state index contributed by atoms with van der Waals surface area (Å²) in [6.45, 7) is 1.21. The molecule has 33 heavy (non-hydrogen) atoms. The van der Waals surface area contributed by atoms with Crippen molar-refractivity contribution in [3.8, 4) is 0 Å². The Labute approximate surface area is 198 Å². The standard InChI is InChI=1S/C23H25ClF2O5S2/c1-15(27)22(32(2,28)29)13-16-9-11-23(12-10-16,20-14-18(25)5-8-21(20)26)33(30,31)19-6-3-17(24)4-7-19/h3-8,14,16,22H,9-13H2,1-2H3. The molecule has 0 heterocycles. The topological polar surface area (TPSA) is 85.3 Å². The summed E-state index contributed by atoms with van der Waals surface area (Å²) in [5.74, 6) is -2.31. The van der Waals surface area contributed by atoms with Crippen LogP contribution in [0.4, 0.5) is 8.78 Å². The van der Waals surface area contributed by atoms with Gasteiger partial charge >= 0.3 is 0 Å². The van der Waals surface area contributed by atoms with Crippen molar-refractivity contribution in [2.45, 2.75) is 53.9 Å². The summed E-state index contributed by atoms with van der Waals surface area (Å²) < 4.78 is 78.9. The zero-order valence-corrected chi connectivity index (χ0v) is 20.6. The van der Waals surface area contributed by atoms with Crippen molar-refractivity contribution in [3.05, 3.63) is 64.7 Å². The third-order valence-electron chi connectivity index (χ3n) is 6.49. The second-order valence-electron chi connectivity index (χ2n) is 8.68. The van der Waals surface area contributed by atoms with Gasteiger partial charge in [0.25, 0.3) is 0 Å². The molecule has 0 aliphatic heterocycles. The van der Waals surface area contributed by atoms with Gasteiger partial charge in [0.2, 0.25) is 0 Å². The molecule has 5 nitrogen and oxygen atoms in total. The van der Waals surface area contributed by atoms with Crippen molar-refractivity contribution >= 4 is 37.1 Å². The molecule has 10 heteroatoms. The lowest BCUT2D eigenvalue weighted by Gasteiger charge is -2.40. The average Bonchev–Trinajstić information content (AvgIpc) is 2.73. The van der Waals surface area contributed by atoms with E-state index in [4.69, 9.17) is 11.6 Å². The molecule has 0 amide bonds. The van der Waals surface area contributed by atoms with Crippen LogP contribution in [-0.2, 0) is 29.2 Å². The molecular formula is C23H25ClF2O5S2. The van der Waals surface area contributed by atoms with E-state index < -0.39 is 47.1 Å². The van der Waals surface area contributed by atoms with Gasteiger partial charge in [-0.15, -0.1) is 0 Å². The van der Waals surface area contributed by atoms with Crippen molar-refractivity contribution in [2.24, 2.45) is 5.92 Å². The van der Waals surface area contributed by atoms with Gasteiger partial charge in [-0.2, -0.15) is 0 Å². The summed E-state index contributed by atoms with van der Waals surface area (Å²) in [6, 6.07) is 8.24. The zero-order valence-electron chi connectivity index (χ0n) is 18.2. The SMILES string of the molecule is CC(=O)C(CC1CCC(c2cc(F)ccc2F)(S(=O)(=O)c2ccc(Cl)cc2)CC1)S(C)(=O)=O. The lowest BCUT2D eigenvalue weighted by atomic mass is 9.76. The van der Waals surface area contributed by atoms with Gasteiger partial charge in [-0.05, 0) is 87.4 Å². The molecule has 1 atom stereocenters. The van der Waals surface area contributed by atoms with Crippen LogP contribution in [-0.4, -0.2) is 34.1 Å². The minimum absolute atomic E-state index is 0.0443. The minimum Gasteiger partial charge on any atom is -0.299 e. The Balaban J connectivity index is 2.04. The van der Waals surface area contributed by atoms with E-state index >= 15 is 0 Å². The van der Waals surface area contributed by atoms with Crippen LogP contribution in [0.2, 0.25) is 5.02 Å². The first-order valence-electron chi connectivity index (χ1n) is 10.4. The van der Waals surface area contributed by atoms with Gasteiger partial charge < -0.3 is 0 Å². The van der Waals surface area contributed by atoms with Gasteiger partial charge in [0.1, 0.15) is 27.4 Å². The summed E-state index contributed by atoms with van der Waals surface area (Å²) in [7, 11) is -7.80. The summed E-state index contributed by atoms with van der Waals surface area (Å²) in [5, 5.41) is -0.839. The quantitative estimate of drug-likeness (QED) is 0.522. The Kier molecular flexibility index (Phi) is 7.36. The molecule has 1 fully saturated rings. The Morgan fingerprint density at radius 2 is 1.64 bits per heavy atom. The monoisotopic (exact) mass is 518 g/mol. The van der Waals surface area contributed by atoms with Gasteiger partial charge in [-0.3, -0.25) is 4.79 Å². The Hall–Kier alpha value is -1.84. The number of rotatable bonds is 7. The lowest BCUT2D eigenvalue weighted by Crippen LogP contribution is -2.41. The fraction of sp³-hybridized carbons (Fsp3) is 0.435. The number of halogens is 3. The molecule has 0 bridgehead atoms. The molecule has 0 spiro atoms. The molecule has 0 N–H and O–H groups in total. The highest BCUT2D eigenvalue weighted by molar-refractivity contribution is 7.92. The maximum Gasteiger partial charge on any atom is 0.188 e. The molecule has 1 aliphatic carbocycles. The number of sulfone groups is 2. The highest BCUT2D eigenvalue weighted by Crippen LogP contribution is 2.50. The average molecular weight is 519 g/mol. The predicted molar refractivity (Wildman–Crippen MR) is 123 cm³/mol. The molecule has 1 unspecified atom stereocenters. The number of ketones is 1. The molecule has 3 rings (SSSR count). The molecule has 0 aromatic heterocycles. The van der Waals surface area contributed by atoms with Crippen LogP contribution in [0.25, 0.3) is 0 Å². The van der Waals surface area contributed by atoms with Gasteiger partial charge in [0.15, 0.2) is 19.7 Å². The van der Waals surface area contributed by atoms with Crippen molar-refractivity contribution in [1.82, 2.24) is 0 Å². The number of carbonyl (C=O) groups excluding carboxylic acids is 1. The third kappa shape index (κ3) is 5.15. The van der Waals surface area contributed by atoms with Crippen molar-refractivity contribution in [3.63, 3.8) is 0 Å². The molecule has 2 aromatic rings. The first kappa shape index (κ1) is 25.8. The first-order valence-corrected chi connectivity index (χ1v) is 14.2. The predicted octanol–water partition coefficient (Wildman–Crippen LogP) is 4.87. The molecule has 1 saturated carbocycles. The summed E-state index contributed by atoms with van der Waals surface area (Å²) in [6.07, 6.45) is 1.45. The van der Waals surface area contributed by atoms with Crippen LogP contribution in [0.3, 0.4) is 0 Å². The Morgan fingerprint density at radius 1 is 1.06 bits per heavy atom. The van der Waals surface area contributed by atoms with Gasteiger partial charge in [0, 0.05) is 16.8 Å². The summed E-state index contributed by atoms with van der Waals surface area (Å²) in [5.41, 5.74) is -0.248. The summed E-state index contributed by atoms with van der Waals surface area (Å²) in [4.78, 5) is 11.8. The first-order chi connectivity index (χ1) is 15.3. The van der Waals surface area contributed by atoms with Gasteiger partial charge in [-0.1, -0.05) is 11.6 Å². The van der Waals surface area contributed by atoms with Crippen LogP contribution in [0.15, 0.2) is 47.4 Å². The number of benzene rings is 2. The van der Waals surface area contributed by atoms with E-state index in [1.165, 1.54) is 31.2 Å². The maximum absolute atomic E-state index is 14.9. The number of hydrogen-bond acceptors (Lipinski definition) is 5. The van der Waals surface area contributed by atoms with E-state index in [0.29, 0.717) is 5.02 Å². The van der Waals surface area contributed by atoms with Crippen LogP contribution >= 0.6 is 11.6 Å². The second kappa shape index (κ2) is 9.43. The van der Waals surface area contributed by atoms with Crippen LogP contribution in [0.1, 0.15) is 44.6 Å². The van der Waals surface area contributed by atoms with Crippen molar-refractivity contribution in [1.29, 1.82) is 0 Å². The minimum atomic E-state index is -4.18. The molecule has 1 aliphatic rings. The largest absolute Gasteiger partial charge is 0.299 e. The third-order valence-corrected chi connectivity index (χ3v) is 10.8. The fourth-order valence-electron chi connectivity index (χ4n) is 4.69. The smallest absolute Gasteiger partial charge is 0.188 e. The molecule has 0 radical (unpaired) electrons. The van der Waals surface area contributed by atoms with Crippen LogP contribution < -0.4 is 0 Å². The Morgan fingerprint density at radius 3 is 2.15 bits per heavy atom. The van der Waals surface area contributed by atoms with E-state index in [-0.39, 0.29) is 48.5 Å². The van der Waals surface area contributed by atoms with Gasteiger partial charge in [-0.25, -0.2) is 25.6 Å². The van der Waals surface area contributed by atoms with Crippen molar-refractivity contribution in [2.75, 3.05) is 6.26 Å². The molecular weight excluding hydrogens is 494 g/mol. The number of carbonyl (C=O) groups is 1. The second-order valence-corrected chi connectivity index (χ2v) is 13.6. The van der Waals surface area contributed by atoms with E-state index in [0.717, 1.165) is 24.5 Å². The molecule has 180 valence electrons. The number of hydrogen-bond donors (Lipinski definition) is 0.